The molecule has 0 bridgehead atoms. The van der Waals surface area contributed by atoms with Crippen LogP contribution in [-0.4, -0.2) is 30.1 Å². The normalized spacial score (nSPS) is 13.4. The van der Waals surface area contributed by atoms with Crippen molar-refractivity contribution in [1.82, 2.24) is 4.90 Å². The van der Waals surface area contributed by atoms with Crippen LogP contribution in [0.1, 0.15) is 46.1 Å². The summed E-state index contributed by atoms with van der Waals surface area (Å²) in [5.74, 6) is 0.683. The van der Waals surface area contributed by atoms with E-state index in [0.717, 1.165) is 24.1 Å². The van der Waals surface area contributed by atoms with Gasteiger partial charge in [-0.05, 0) is 51.3 Å². The third-order valence-electron chi connectivity index (χ3n) is 3.96. The van der Waals surface area contributed by atoms with Gasteiger partial charge in [0.15, 0.2) is 0 Å². The van der Waals surface area contributed by atoms with Crippen LogP contribution in [0.3, 0.4) is 0 Å². The maximum Gasteiger partial charge on any atom is 0.322 e. The SMILES string of the molecule is CC[C@H](C)N(C(=O)Nc1cc(C)ccc1OC)[C@@H](C)CC. The number of carbonyl (C=O) groups excluding carboxylic acids is 1. The molecular weight excluding hydrogens is 264 g/mol. The molecule has 0 aliphatic carbocycles. The van der Waals surface area contributed by atoms with Gasteiger partial charge in [-0.1, -0.05) is 19.9 Å². The second-order valence-electron chi connectivity index (χ2n) is 5.56. The third kappa shape index (κ3) is 4.38. The summed E-state index contributed by atoms with van der Waals surface area (Å²) in [6.07, 6.45) is 1.87. The van der Waals surface area contributed by atoms with Gasteiger partial charge in [0.25, 0.3) is 0 Å². The zero-order chi connectivity index (χ0) is 16.0. The molecule has 2 atom stereocenters. The number of hydrogen-bond acceptors (Lipinski definition) is 2. The molecule has 0 aliphatic heterocycles. The lowest BCUT2D eigenvalue weighted by Gasteiger charge is -2.34. The quantitative estimate of drug-likeness (QED) is 0.842. The number of nitrogens with one attached hydrogen (secondary N) is 1. The smallest absolute Gasteiger partial charge is 0.322 e. The van der Waals surface area contributed by atoms with Crippen molar-refractivity contribution in [3.63, 3.8) is 0 Å². The molecule has 0 aliphatic rings. The number of carbonyl (C=O) groups is 1. The van der Waals surface area contributed by atoms with Crippen LogP contribution in [0, 0.1) is 6.92 Å². The van der Waals surface area contributed by atoms with E-state index < -0.39 is 0 Å². The van der Waals surface area contributed by atoms with E-state index in [9.17, 15) is 4.79 Å². The van der Waals surface area contributed by atoms with Crippen LogP contribution in [-0.2, 0) is 0 Å². The Hall–Kier alpha value is -1.71. The van der Waals surface area contributed by atoms with Gasteiger partial charge in [-0.3, -0.25) is 0 Å². The zero-order valence-corrected chi connectivity index (χ0v) is 14.1. The van der Waals surface area contributed by atoms with Gasteiger partial charge in [0.1, 0.15) is 5.75 Å². The van der Waals surface area contributed by atoms with Gasteiger partial charge < -0.3 is 15.0 Å². The van der Waals surface area contributed by atoms with E-state index in [1.165, 1.54) is 0 Å². The number of methoxy groups -OCH3 is 1. The Labute approximate surface area is 128 Å². The standard InChI is InChI=1S/C17H28N2O2/c1-7-13(4)19(14(5)8-2)17(20)18-15-11-12(3)9-10-16(15)21-6/h9-11,13-14H,7-8H2,1-6H3,(H,18,20)/t13-,14-/m0/s1. The Kier molecular flexibility index (Phi) is 6.53. The zero-order valence-electron chi connectivity index (χ0n) is 14.1. The largest absolute Gasteiger partial charge is 0.495 e. The van der Waals surface area contributed by atoms with Crippen LogP contribution >= 0.6 is 0 Å². The number of aryl methyl sites for hydroxylation is 1. The molecule has 0 saturated carbocycles. The van der Waals surface area contributed by atoms with Gasteiger partial charge in [-0.15, -0.1) is 0 Å². The highest BCUT2D eigenvalue weighted by atomic mass is 16.5. The van der Waals surface area contributed by atoms with E-state index >= 15 is 0 Å². The molecule has 0 fully saturated rings. The molecule has 0 saturated heterocycles. The van der Waals surface area contributed by atoms with E-state index in [2.05, 4.69) is 33.0 Å². The van der Waals surface area contributed by atoms with Crippen LogP contribution < -0.4 is 10.1 Å². The van der Waals surface area contributed by atoms with Gasteiger partial charge in [0, 0.05) is 12.1 Å². The fourth-order valence-corrected chi connectivity index (χ4v) is 2.33. The van der Waals surface area contributed by atoms with Crippen LogP contribution in [0.2, 0.25) is 0 Å². The maximum atomic E-state index is 12.7. The molecule has 1 aromatic rings. The first-order valence-corrected chi connectivity index (χ1v) is 7.68. The second kappa shape index (κ2) is 7.91. The molecule has 118 valence electrons. The fraction of sp³-hybridized carbons (Fsp3) is 0.588. The predicted octanol–water partition coefficient (Wildman–Crippen LogP) is 4.43. The van der Waals surface area contributed by atoms with E-state index in [0.29, 0.717) is 5.75 Å². The Morgan fingerprint density at radius 3 is 2.29 bits per heavy atom. The summed E-state index contributed by atoms with van der Waals surface area (Å²) in [6.45, 7) is 10.4. The minimum Gasteiger partial charge on any atom is -0.495 e. The van der Waals surface area contributed by atoms with Gasteiger partial charge >= 0.3 is 6.03 Å². The van der Waals surface area contributed by atoms with Crippen molar-refractivity contribution < 1.29 is 9.53 Å². The van der Waals surface area contributed by atoms with E-state index in [4.69, 9.17) is 4.74 Å². The summed E-state index contributed by atoms with van der Waals surface area (Å²) in [7, 11) is 1.61. The highest BCUT2D eigenvalue weighted by Gasteiger charge is 2.24. The summed E-state index contributed by atoms with van der Waals surface area (Å²) in [4.78, 5) is 14.6. The fourth-order valence-electron chi connectivity index (χ4n) is 2.33. The number of benzene rings is 1. The van der Waals surface area contributed by atoms with E-state index in [1.54, 1.807) is 7.11 Å². The van der Waals surface area contributed by atoms with Crippen molar-refractivity contribution in [2.45, 2.75) is 59.5 Å². The number of nitrogens with zero attached hydrogens (tertiary/aromatic N) is 1. The molecule has 0 unspecified atom stereocenters. The van der Waals surface area contributed by atoms with Crippen LogP contribution in [0.5, 0.6) is 5.75 Å². The monoisotopic (exact) mass is 292 g/mol. The lowest BCUT2D eigenvalue weighted by Crippen LogP contribution is -2.46. The lowest BCUT2D eigenvalue weighted by atomic mass is 10.1. The summed E-state index contributed by atoms with van der Waals surface area (Å²) in [5, 5.41) is 2.99. The molecule has 1 aromatic carbocycles. The third-order valence-corrected chi connectivity index (χ3v) is 3.96. The minimum absolute atomic E-state index is 0.0670. The average molecular weight is 292 g/mol. The first-order valence-electron chi connectivity index (χ1n) is 7.68. The Bertz CT molecular complexity index is 464. The number of urea groups is 1. The predicted molar refractivity (Wildman–Crippen MR) is 88.1 cm³/mol. The summed E-state index contributed by atoms with van der Waals surface area (Å²) in [5.41, 5.74) is 1.81. The molecule has 0 aromatic heterocycles. The Morgan fingerprint density at radius 1 is 1.24 bits per heavy atom. The number of amides is 2. The van der Waals surface area contributed by atoms with Gasteiger partial charge in [-0.2, -0.15) is 0 Å². The number of anilines is 1. The van der Waals surface area contributed by atoms with Crippen LogP contribution in [0.15, 0.2) is 18.2 Å². The first-order chi connectivity index (χ1) is 9.94. The molecular formula is C17H28N2O2. The van der Waals surface area contributed by atoms with Crippen molar-refractivity contribution in [1.29, 1.82) is 0 Å². The molecule has 0 heterocycles. The molecule has 0 radical (unpaired) electrons. The molecule has 0 spiro atoms. The molecule has 21 heavy (non-hydrogen) atoms. The van der Waals surface area contributed by atoms with Crippen molar-refractivity contribution >= 4 is 11.7 Å². The molecule has 2 amide bonds. The van der Waals surface area contributed by atoms with Crippen molar-refractivity contribution in [2.75, 3.05) is 12.4 Å². The van der Waals surface area contributed by atoms with Crippen molar-refractivity contribution in [3.05, 3.63) is 23.8 Å². The Balaban J connectivity index is 2.98. The van der Waals surface area contributed by atoms with E-state index in [-0.39, 0.29) is 18.1 Å². The van der Waals surface area contributed by atoms with Gasteiger partial charge in [0.05, 0.1) is 12.8 Å². The Morgan fingerprint density at radius 2 is 1.81 bits per heavy atom. The van der Waals surface area contributed by atoms with Gasteiger partial charge in [0.2, 0.25) is 0 Å². The van der Waals surface area contributed by atoms with Crippen LogP contribution in [0.25, 0.3) is 0 Å². The molecule has 1 N–H and O–H groups in total. The maximum absolute atomic E-state index is 12.7. The molecule has 1 rings (SSSR count). The highest BCUT2D eigenvalue weighted by molar-refractivity contribution is 5.91. The van der Waals surface area contributed by atoms with E-state index in [1.807, 2.05) is 30.0 Å². The van der Waals surface area contributed by atoms with Crippen LogP contribution in [0.4, 0.5) is 10.5 Å². The number of ether oxygens (including phenoxy) is 1. The second-order valence-corrected chi connectivity index (χ2v) is 5.56. The molecule has 4 nitrogen and oxygen atoms in total. The number of hydrogen-bond donors (Lipinski definition) is 1. The topological polar surface area (TPSA) is 41.6 Å². The lowest BCUT2D eigenvalue weighted by molar-refractivity contribution is 0.163. The molecule has 4 heteroatoms. The number of rotatable bonds is 6. The summed E-state index contributed by atoms with van der Waals surface area (Å²) in [6, 6.07) is 6.12. The first kappa shape index (κ1) is 17.3. The van der Waals surface area contributed by atoms with Crippen molar-refractivity contribution in [2.24, 2.45) is 0 Å². The highest BCUT2D eigenvalue weighted by Crippen LogP contribution is 2.26. The van der Waals surface area contributed by atoms with Gasteiger partial charge in [-0.25, -0.2) is 4.79 Å². The summed E-state index contributed by atoms with van der Waals surface area (Å²) < 4.78 is 5.32. The average Bonchev–Trinajstić information content (AvgIpc) is 2.47. The summed E-state index contributed by atoms with van der Waals surface area (Å²) >= 11 is 0. The minimum atomic E-state index is -0.0670. The van der Waals surface area contributed by atoms with Crippen molar-refractivity contribution in [3.8, 4) is 5.75 Å².